The second-order valence-corrected chi connectivity index (χ2v) is 3.87. The predicted molar refractivity (Wildman–Crippen MR) is 73.2 cm³/mol. The lowest BCUT2D eigenvalue weighted by Crippen LogP contribution is -2.30. The fourth-order valence-corrected chi connectivity index (χ4v) is 1.67. The third-order valence-electron chi connectivity index (χ3n) is 2.48. The van der Waals surface area contributed by atoms with E-state index in [9.17, 15) is 0 Å². The van der Waals surface area contributed by atoms with Gasteiger partial charge in [0.25, 0.3) is 5.88 Å². The first-order chi connectivity index (χ1) is 9.74. The summed E-state index contributed by atoms with van der Waals surface area (Å²) in [4.78, 5) is 13.1. The molecule has 5 N–H and O–H groups in total. The van der Waals surface area contributed by atoms with E-state index in [1.165, 1.54) is 11.4 Å². The summed E-state index contributed by atoms with van der Waals surface area (Å²) in [5, 5.41) is 1.28. The summed E-state index contributed by atoms with van der Waals surface area (Å²) in [7, 11) is 0. The Morgan fingerprint density at radius 3 is 2.65 bits per heavy atom. The lowest BCUT2D eigenvalue weighted by Gasteiger charge is -2.20. The van der Waals surface area contributed by atoms with Gasteiger partial charge in [0.2, 0.25) is 11.6 Å². The summed E-state index contributed by atoms with van der Waals surface area (Å²) in [6.45, 7) is 0. The Bertz CT molecular complexity index is 638. The van der Waals surface area contributed by atoms with E-state index in [0.29, 0.717) is 11.4 Å². The van der Waals surface area contributed by atoms with Gasteiger partial charge in [-0.15, -0.1) is 5.17 Å². The molecule has 102 valence electrons. The van der Waals surface area contributed by atoms with Crippen LogP contribution in [0, 0.1) is 0 Å². The Balaban J connectivity index is 1.99. The molecule has 0 fully saturated rings. The molecule has 0 aliphatic carbocycles. The van der Waals surface area contributed by atoms with Gasteiger partial charge in [-0.3, -0.25) is 5.43 Å². The third kappa shape index (κ3) is 2.21. The molecule has 1 aromatic heterocycles. The molecule has 1 aliphatic rings. The Hall–Kier alpha value is -3.16. The molecule has 0 spiro atoms. The summed E-state index contributed by atoms with van der Waals surface area (Å²) >= 11 is 0. The van der Waals surface area contributed by atoms with Gasteiger partial charge in [0.05, 0.1) is 6.20 Å². The lowest BCUT2D eigenvalue weighted by atomic mass is 10.3. The molecule has 0 atom stereocenters. The highest BCUT2D eigenvalue weighted by Crippen LogP contribution is 2.35. The van der Waals surface area contributed by atoms with Gasteiger partial charge in [0.15, 0.2) is 5.82 Å². The topological polar surface area (TPSA) is 112 Å². The number of nitrogens with two attached hydrogens (primary N) is 2. The van der Waals surface area contributed by atoms with Gasteiger partial charge in [-0.2, -0.15) is 9.97 Å². The van der Waals surface area contributed by atoms with Crippen molar-refractivity contribution in [3.8, 4) is 11.6 Å². The number of benzene rings is 1. The van der Waals surface area contributed by atoms with Gasteiger partial charge in [-0.25, -0.2) is 0 Å². The first kappa shape index (κ1) is 11.9. The number of aromatic nitrogens is 2. The van der Waals surface area contributed by atoms with Crippen LogP contribution >= 0.6 is 0 Å². The maximum absolute atomic E-state index is 5.86. The van der Waals surface area contributed by atoms with E-state index in [4.69, 9.17) is 21.0 Å². The van der Waals surface area contributed by atoms with Crippen LogP contribution in [0.15, 0.2) is 42.8 Å². The Morgan fingerprint density at radius 2 is 1.95 bits per heavy atom. The number of para-hydroxylation sites is 1. The minimum atomic E-state index is 0.0179. The molecule has 0 bridgehead atoms. The van der Waals surface area contributed by atoms with E-state index in [1.807, 2.05) is 18.2 Å². The van der Waals surface area contributed by atoms with Gasteiger partial charge < -0.3 is 21.0 Å². The van der Waals surface area contributed by atoms with Crippen LogP contribution in [0.3, 0.4) is 0 Å². The maximum atomic E-state index is 5.86. The number of hydrazine groups is 1. The van der Waals surface area contributed by atoms with Crippen LogP contribution in [0.1, 0.15) is 0 Å². The monoisotopic (exact) mass is 272 g/mol. The van der Waals surface area contributed by atoms with Crippen molar-refractivity contribution in [1.82, 2.24) is 15.4 Å². The largest absolute Gasteiger partial charge is 0.437 e. The number of rotatable bonds is 3. The maximum Gasteiger partial charge on any atom is 0.256 e. The SMILES string of the molecule is Nc1nc(N)c(N2NC=CO2)c(Oc2ccccc2)n1. The molecule has 0 amide bonds. The summed E-state index contributed by atoms with van der Waals surface area (Å²) in [5.74, 6) is 0.944. The highest BCUT2D eigenvalue weighted by molar-refractivity contribution is 5.70. The van der Waals surface area contributed by atoms with Crippen LogP contribution in [-0.4, -0.2) is 9.97 Å². The summed E-state index contributed by atoms with van der Waals surface area (Å²) in [6, 6.07) is 9.14. The first-order valence-corrected chi connectivity index (χ1v) is 5.78. The van der Waals surface area contributed by atoms with Gasteiger partial charge in [-0.1, -0.05) is 18.2 Å². The zero-order chi connectivity index (χ0) is 13.9. The van der Waals surface area contributed by atoms with Crippen LogP contribution < -0.4 is 26.8 Å². The van der Waals surface area contributed by atoms with Crippen LogP contribution in [0.5, 0.6) is 11.6 Å². The standard InChI is InChI=1S/C12H12N6O2/c13-10-9(18-15-6-7-19-18)11(17-12(14)16-10)20-8-4-2-1-3-5-8/h1-7,15H,(H4,13,14,16,17). The first-order valence-electron chi connectivity index (χ1n) is 5.78. The van der Waals surface area contributed by atoms with Gasteiger partial charge in [-0.05, 0) is 12.1 Å². The van der Waals surface area contributed by atoms with E-state index in [2.05, 4.69) is 15.4 Å². The van der Waals surface area contributed by atoms with Gasteiger partial charge in [0.1, 0.15) is 12.0 Å². The Kier molecular flexibility index (Phi) is 2.88. The summed E-state index contributed by atoms with van der Waals surface area (Å²) < 4.78 is 5.68. The molecule has 0 saturated carbocycles. The van der Waals surface area contributed by atoms with Crippen molar-refractivity contribution >= 4 is 17.5 Å². The zero-order valence-corrected chi connectivity index (χ0v) is 10.4. The number of hydrogen-bond donors (Lipinski definition) is 3. The van der Waals surface area contributed by atoms with Crippen molar-refractivity contribution in [2.24, 2.45) is 0 Å². The minimum Gasteiger partial charge on any atom is -0.437 e. The van der Waals surface area contributed by atoms with Crippen LogP contribution in [0.2, 0.25) is 0 Å². The molecule has 0 radical (unpaired) electrons. The fourth-order valence-electron chi connectivity index (χ4n) is 1.67. The van der Waals surface area contributed by atoms with Crippen molar-refractivity contribution in [1.29, 1.82) is 0 Å². The smallest absolute Gasteiger partial charge is 0.256 e. The highest BCUT2D eigenvalue weighted by Gasteiger charge is 2.23. The summed E-state index contributed by atoms with van der Waals surface area (Å²) in [6.07, 6.45) is 3.03. The number of anilines is 3. The van der Waals surface area contributed by atoms with E-state index < -0.39 is 0 Å². The number of nitrogen functional groups attached to an aromatic ring is 2. The molecular formula is C12H12N6O2. The fraction of sp³-hybridized carbons (Fsp3) is 0. The molecule has 3 rings (SSSR count). The van der Waals surface area contributed by atoms with Crippen LogP contribution in [-0.2, 0) is 4.84 Å². The molecule has 2 heterocycles. The Labute approximate surface area is 114 Å². The van der Waals surface area contributed by atoms with Crippen molar-refractivity contribution < 1.29 is 9.57 Å². The summed E-state index contributed by atoms with van der Waals surface area (Å²) in [5.41, 5.74) is 14.6. The lowest BCUT2D eigenvalue weighted by molar-refractivity contribution is 0.219. The molecule has 0 saturated heterocycles. The number of hydrogen-bond acceptors (Lipinski definition) is 8. The van der Waals surface area contributed by atoms with Crippen LogP contribution in [0.4, 0.5) is 17.5 Å². The van der Waals surface area contributed by atoms with E-state index in [-0.39, 0.29) is 17.6 Å². The van der Waals surface area contributed by atoms with Gasteiger partial charge >= 0.3 is 0 Å². The van der Waals surface area contributed by atoms with Crippen molar-refractivity contribution in [3.63, 3.8) is 0 Å². The van der Waals surface area contributed by atoms with E-state index in [1.54, 1.807) is 18.3 Å². The van der Waals surface area contributed by atoms with Crippen LogP contribution in [0.25, 0.3) is 0 Å². The zero-order valence-electron chi connectivity index (χ0n) is 10.4. The van der Waals surface area contributed by atoms with Crippen molar-refractivity contribution in [2.75, 3.05) is 16.6 Å². The number of ether oxygens (including phenoxy) is 1. The second kappa shape index (κ2) is 4.84. The molecule has 20 heavy (non-hydrogen) atoms. The predicted octanol–water partition coefficient (Wildman–Crippen LogP) is 1.16. The molecule has 8 nitrogen and oxygen atoms in total. The van der Waals surface area contributed by atoms with E-state index in [0.717, 1.165) is 0 Å². The molecule has 2 aromatic rings. The normalized spacial score (nSPS) is 12.9. The van der Waals surface area contributed by atoms with Crippen molar-refractivity contribution in [2.45, 2.75) is 0 Å². The highest BCUT2D eigenvalue weighted by atomic mass is 16.7. The Morgan fingerprint density at radius 1 is 1.15 bits per heavy atom. The average Bonchev–Trinajstić information content (AvgIpc) is 2.93. The van der Waals surface area contributed by atoms with Crippen molar-refractivity contribution in [3.05, 3.63) is 42.8 Å². The van der Waals surface area contributed by atoms with E-state index >= 15 is 0 Å². The molecule has 1 aromatic carbocycles. The third-order valence-corrected chi connectivity index (χ3v) is 2.48. The molecule has 8 heteroatoms. The second-order valence-electron chi connectivity index (χ2n) is 3.87. The van der Waals surface area contributed by atoms with Gasteiger partial charge in [0, 0.05) is 0 Å². The number of nitrogens with one attached hydrogen (secondary N) is 1. The molecular weight excluding hydrogens is 260 g/mol. The molecule has 0 unspecified atom stereocenters. The quantitative estimate of drug-likeness (QED) is 0.763. The average molecular weight is 272 g/mol. The number of nitrogens with zero attached hydrogens (tertiary/aromatic N) is 3. The minimum absolute atomic E-state index is 0.0179. The molecule has 1 aliphatic heterocycles.